The number of nitrogens with one attached hydrogen (secondary N) is 6. The van der Waals surface area contributed by atoms with Gasteiger partial charge in [-0.05, 0) is 67.2 Å². The summed E-state index contributed by atoms with van der Waals surface area (Å²) in [4.78, 5) is 128. The smallest absolute Gasteiger partial charge is 0.326 e. The third kappa shape index (κ3) is 25.1. The summed E-state index contributed by atoms with van der Waals surface area (Å²) in [5, 5.41) is 58.0. The van der Waals surface area contributed by atoms with E-state index in [1.54, 1.807) is 48.5 Å². The molecule has 0 saturated carbocycles. The van der Waals surface area contributed by atoms with Crippen LogP contribution in [0.25, 0.3) is 10.4 Å². The van der Waals surface area contributed by atoms with Crippen LogP contribution in [0.2, 0.25) is 0 Å². The van der Waals surface area contributed by atoms with Gasteiger partial charge in [-0.3, -0.25) is 38.9 Å². The zero-order chi connectivity index (χ0) is 55.0. The summed E-state index contributed by atoms with van der Waals surface area (Å²) in [6, 6.07) is 17.5. The van der Waals surface area contributed by atoms with Gasteiger partial charge >= 0.3 is 23.9 Å². The van der Waals surface area contributed by atoms with Crippen LogP contribution in [-0.2, 0) is 57.7 Å². The van der Waals surface area contributed by atoms with Crippen LogP contribution in [0.4, 0.5) is 10.5 Å². The third-order valence-electron chi connectivity index (χ3n) is 11.5. The second-order valence-corrected chi connectivity index (χ2v) is 17.4. The van der Waals surface area contributed by atoms with Crippen LogP contribution in [0.3, 0.4) is 0 Å². The summed E-state index contributed by atoms with van der Waals surface area (Å²) in [7, 11) is 0. The van der Waals surface area contributed by atoms with Crippen LogP contribution in [0.15, 0.2) is 90.0 Å². The molecule has 0 unspecified atom stereocenters. The highest BCUT2D eigenvalue weighted by Gasteiger charge is 2.28. The molecular weight excluding hydrogens is 979 g/mol. The summed E-state index contributed by atoms with van der Waals surface area (Å²) in [6.07, 6.45) is 1.01. The van der Waals surface area contributed by atoms with E-state index in [4.69, 9.17) is 10.6 Å². The van der Waals surface area contributed by atoms with Crippen LogP contribution in [0, 0.1) is 10.1 Å². The fraction of sp³-hybridized carbons (Fsp3) is 0.460. The molecule has 9 N–H and O–H groups in total. The molecule has 3 rings (SSSR count). The van der Waals surface area contributed by atoms with Crippen LogP contribution in [0.1, 0.15) is 93.7 Å². The molecule has 25 heteroatoms. The molecule has 0 saturated heterocycles. The molecule has 4 atom stereocenters. The van der Waals surface area contributed by atoms with Gasteiger partial charge < -0.3 is 52.1 Å². The van der Waals surface area contributed by atoms with E-state index in [1.807, 2.05) is 18.2 Å². The van der Waals surface area contributed by atoms with E-state index in [1.165, 1.54) is 23.1 Å². The molecule has 3 aromatic rings. The summed E-state index contributed by atoms with van der Waals surface area (Å²) >= 11 is 0. The molecule has 75 heavy (non-hydrogen) atoms. The summed E-state index contributed by atoms with van der Waals surface area (Å²) in [5.74, 6) is -6.55. The number of nitro groups is 1. The zero-order valence-electron chi connectivity index (χ0n) is 41.4. The van der Waals surface area contributed by atoms with E-state index in [-0.39, 0.29) is 95.7 Å². The van der Waals surface area contributed by atoms with Gasteiger partial charge in [0.15, 0.2) is 0 Å². The van der Waals surface area contributed by atoms with Crippen molar-refractivity contribution in [1.29, 1.82) is 0 Å². The fourth-order valence-corrected chi connectivity index (χ4v) is 7.54. The molecule has 0 aromatic heterocycles. The molecule has 0 spiro atoms. The predicted octanol–water partition coefficient (Wildman–Crippen LogP) is 3.89. The second-order valence-electron chi connectivity index (χ2n) is 17.4. The number of carboxylic acid groups (broad SMARTS) is 3. The van der Waals surface area contributed by atoms with Gasteiger partial charge in [0.05, 0.1) is 4.92 Å². The molecule has 0 heterocycles. The molecule has 0 aliphatic rings. The number of azide groups is 1. The minimum absolute atomic E-state index is 0.00589. The first-order valence-electron chi connectivity index (χ1n) is 24.4. The van der Waals surface area contributed by atoms with Crippen LogP contribution in [0.5, 0.6) is 0 Å². The van der Waals surface area contributed by atoms with Crippen molar-refractivity contribution in [3.63, 3.8) is 0 Å². The monoisotopic (exact) mass is 1040 g/mol. The highest BCUT2D eigenvalue weighted by molar-refractivity contribution is 5.93. The zero-order valence-corrected chi connectivity index (χ0v) is 41.4. The van der Waals surface area contributed by atoms with Crippen molar-refractivity contribution < 1.29 is 63.4 Å². The highest BCUT2D eigenvalue weighted by Crippen LogP contribution is 2.17. The van der Waals surface area contributed by atoms with Crippen LogP contribution in [-0.4, -0.2) is 129 Å². The predicted molar refractivity (Wildman–Crippen MR) is 270 cm³/mol. The average Bonchev–Trinajstić information content (AvgIpc) is 3.38. The maximum atomic E-state index is 13.8. The first kappa shape index (κ1) is 60.7. The molecule has 404 valence electrons. The SMILES string of the molecule is [N-]=[N+]=NCCCNC(=O)[C@H](Cc1ccccc1)NC(=O)[C@H](Cc1ccccc1)NC(=O)CCC(=O)NCCCCCC(=O)N(CCCC[C@H](NC(=O)N[C@@H](CCC(=O)O)C(=O)O)C(=O)O)Cc1cccc([N+](=O)[O-])c1. The maximum Gasteiger partial charge on any atom is 0.326 e. The number of urea groups is 1. The number of nitro benzene ring substituents is 1. The minimum Gasteiger partial charge on any atom is -0.481 e. The molecular formula is C50H65N11O14. The molecule has 25 nitrogen and oxygen atoms in total. The van der Waals surface area contributed by atoms with E-state index in [2.05, 4.69) is 41.9 Å². The van der Waals surface area contributed by atoms with Gasteiger partial charge in [-0.1, -0.05) is 84.3 Å². The molecule has 3 aromatic carbocycles. The number of nitrogens with zero attached hydrogens (tertiary/aromatic N) is 5. The third-order valence-corrected chi connectivity index (χ3v) is 11.5. The number of carbonyl (C=O) groups is 9. The minimum atomic E-state index is -1.58. The topological polar surface area (TPSA) is 382 Å². The first-order valence-corrected chi connectivity index (χ1v) is 24.4. The molecule has 0 bridgehead atoms. The molecule has 0 aliphatic carbocycles. The summed E-state index contributed by atoms with van der Waals surface area (Å²) in [5.41, 5.74) is 10.4. The lowest BCUT2D eigenvalue weighted by atomic mass is 10.0. The number of hydrogen-bond acceptors (Lipinski definition) is 12. The number of hydrogen-bond donors (Lipinski definition) is 9. The lowest BCUT2D eigenvalue weighted by Crippen LogP contribution is -2.55. The van der Waals surface area contributed by atoms with Gasteiger partial charge in [-0.15, -0.1) is 0 Å². The normalized spacial score (nSPS) is 12.2. The Morgan fingerprint density at radius 1 is 0.600 bits per heavy atom. The lowest BCUT2D eigenvalue weighted by molar-refractivity contribution is -0.384. The number of carboxylic acids is 3. The largest absolute Gasteiger partial charge is 0.481 e. The Morgan fingerprint density at radius 3 is 1.79 bits per heavy atom. The van der Waals surface area contributed by atoms with Gasteiger partial charge in [-0.25, -0.2) is 14.4 Å². The lowest BCUT2D eigenvalue weighted by Gasteiger charge is -2.24. The summed E-state index contributed by atoms with van der Waals surface area (Å²) in [6.45, 7) is 0.736. The van der Waals surface area contributed by atoms with Crippen molar-refractivity contribution in [2.75, 3.05) is 26.2 Å². The Kier molecular flexibility index (Phi) is 27.5. The number of amides is 7. The van der Waals surface area contributed by atoms with E-state index in [0.29, 0.717) is 31.2 Å². The number of non-ortho nitro benzene ring substituents is 1. The Labute approximate surface area is 432 Å². The Balaban J connectivity index is 1.51. The van der Waals surface area contributed by atoms with E-state index in [9.17, 15) is 63.5 Å². The first-order chi connectivity index (χ1) is 35.9. The number of unbranched alkanes of at least 4 members (excludes halogenated alkanes) is 3. The number of aliphatic carboxylic acids is 3. The van der Waals surface area contributed by atoms with E-state index >= 15 is 0 Å². The highest BCUT2D eigenvalue weighted by atomic mass is 16.6. The van der Waals surface area contributed by atoms with E-state index in [0.717, 1.165) is 11.1 Å². The Morgan fingerprint density at radius 2 is 1.19 bits per heavy atom. The van der Waals surface area contributed by atoms with Gasteiger partial charge in [0.1, 0.15) is 24.2 Å². The molecule has 0 fully saturated rings. The number of carbonyl (C=O) groups excluding carboxylic acids is 6. The molecule has 0 radical (unpaired) electrons. The van der Waals surface area contributed by atoms with Crippen LogP contribution < -0.4 is 31.9 Å². The standard InChI is InChI=1S/C50H65N11O14/c51-59-54-28-13-27-53-46(67)40(31-34-14-4-1-5-15-34)56-47(68)41(32-35-16-6-2-7-17-35)55-43(63)24-23-42(62)52-26-10-3-8-21-44(64)60(33-36-18-12-19-37(30-36)61(74)75)29-11-9-20-38(48(69)70)57-50(73)58-39(49(71)72)22-25-45(65)66/h1-2,4-7,12,14-19,30,38-41H,3,8-11,13,20-29,31-33H2,(H,52,62)(H,53,67)(H,55,63)(H,56,68)(H,65,66)(H,69,70)(H,71,72)(H2,57,58,73)/t38-,39-,40-,41-/m0/s1. The Bertz CT molecular complexity index is 2440. The van der Waals surface area contributed by atoms with Crippen molar-refractivity contribution in [2.24, 2.45) is 5.11 Å². The molecule has 0 aliphatic heterocycles. The van der Waals surface area contributed by atoms with Gasteiger partial charge in [0, 0.05) is 88.3 Å². The van der Waals surface area contributed by atoms with Gasteiger partial charge in [0.25, 0.3) is 5.69 Å². The fourth-order valence-electron chi connectivity index (χ4n) is 7.54. The van der Waals surface area contributed by atoms with E-state index < -0.39 is 89.5 Å². The van der Waals surface area contributed by atoms with Crippen molar-refractivity contribution in [2.45, 2.75) is 121 Å². The maximum absolute atomic E-state index is 13.8. The van der Waals surface area contributed by atoms with Crippen LogP contribution >= 0.6 is 0 Å². The number of benzene rings is 3. The number of rotatable bonds is 36. The van der Waals surface area contributed by atoms with Crippen molar-refractivity contribution in [1.82, 2.24) is 36.8 Å². The quantitative estimate of drug-likeness (QED) is 0.00997. The van der Waals surface area contributed by atoms with Crippen molar-refractivity contribution in [3.8, 4) is 0 Å². The van der Waals surface area contributed by atoms with Crippen molar-refractivity contribution >= 4 is 59.2 Å². The summed E-state index contributed by atoms with van der Waals surface area (Å²) < 4.78 is 0. The van der Waals surface area contributed by atoms with Crippen molar-refractivity contribution in [3.05, 3.63) is 122 Å². The Hall–Kier alpha value is -8.60. The van der Waals surface area contributed by atoms with Gasteiger partial charge in [-0.2, -0.15) is 0 Å². The second kappa shape index (κ2) is 33.9. The molecule has 7 amide bonds. The average molecular weight is 1040 g/mol. The van der Waals surface area contributed by atoms with Gasteiger partial charge in [0.2, 0.25) is 29.5 Å².